The van der Waals surface area contributed by atoms with Crippen molar-refractivity contribution in [2.75, 3.05) is 0 Å². The molecule has 0 aliphatic rings. The lowest BCUT2D eigenvalue weighted by Crippen LogP contribution is -2.25. The third-order valence-corrected chi connectivity index (χ3v) is 1.74. The Kier molecular flexibility index (Phi) is 2.78. The third-order valence-electron chi connectivity index (χ3n) is 1.74. The van der Waals surface area contributed by atoms with Crippen molar-refractivity contribution in [1.82, 2.24) is 4.98 Å². The zero-order chi connectivity index (χ0) is 9.14. The largest absolute Gasteiger partial charge is 0.385 e. The standard InChI is InChI=1S/C9H14N2O/c1-6-3-4-8(11-5-6)9(12)7(2)10/h3-5,7,9,12H,10H2,1-2H3. The lowest BCUT2D eigenvalue weighted by Gasteiger charge is -2.13. The maximum atomic E-state index is 9.50. The molecule has 0 amide bonds. The Morgan fingerprint density at radius 1 is 1.50 bits per heavy atom. The van der Waals surface area contributed by atoms with Crippen LogP contribution in [0.2, 0.25) is 0 Å². The molecular formula is C9H14N2O. The molecule has 1 aromatic heterocycles. The van der Waals surface area contributed by atoms with E-state index in [0.717, 1.165) is 5.56 Å². The Labute approximate surface area is 72.2 Å². The van der Waals surface area contributed by atoms with Crippen molar-refractivity contribution in [1.29, 1.82) is 0 Å². The number of aryl methyl sites for hydroxylation is 1. The van der Waals surface area contributed by atoms with Gasteiger partial charge in [-0.05, 0) is 25.5 Å². The normalized spacial score (nSPS) is 15.7. The van der Waals surface area contributed by atoms with Crippen LogP contribution in [-0.2, 0) is 0 Å². The highest BCUT2D eigenvalue weighted by atomic mass is 16.3. The highest BCUT2D eigenvalue weighted by Crippen LogP contribution is 2.12. The number of pyridine rings is 1. The van der Waals surface area contributed by atoms with Gasteiger partial charge < -0.3 is 10.8 Å². The van der Waals surface area contributed by atoms with Gasteiger partial charge in [-0.1, -0.05) is 6.07 Å². The van der Waals surface area contributed by atoms with Crippen molar-refractivity contribution in [2.45, 2.75) is 26.0 Å². The molecule has 1 aromatic rings. The summed E-state index contributed by atoms with van der Waals surface area (Å²) in [6, 6.07) is 3.43. The second-order valence-electron chi connectivity index (χ2n) is 3.06. The molecule has 0 aliphatic carbocycles. The van der Waals surface area contributed by atoms with Gasteiger partial charge in [-0.3, -0.25) is 4.98 Å². The Morgan fingerprint density at radius 2 is 2.17 bits per heavy atom. The van der Waals surface area contributed by atoms with Crippen molar-refractivity contribution in [3.8, 4) is 0 Å². The number of aliphatic hydroxyl groups excluding tert-OH is 1. The molecular weight excluding hydrogens is 152 g/mol. The van der Waals surface area contributed by atoms with E-state index in [1.54, 1.807) is 19.2 Å². The zero-order valence-electron chi connectivity index (χ0n) is 7.36. The van der Waals surface area contributed by atoms with Crippen molar-refractivity contribution in [3.63, 3.8) is 0 Å². The van der Waals surface area contributed by atoms with Gasteiger partial charge in [0.25, 0.3) is 0 Å². The molecule has 0 radical (unpaired) electrons. The molecule has 0 bridgehead atoms. The molecule has 0 fully saturated rings. The molecule has 0 saturated carbocycles. The summed E-state index contributed by atoms with van der Waals surface area (Å²) in [6.07, 6.45) is 1.06. The van der Waals surface area contributed by atoms with Crippen LogP contribution in [0.3, 0.4) is 0 Å². The molecule has 2 atom stereocenters. The van der Waals surface area contributed by atoms with E-state index in [1.165, 1.54) is 0 Å². The fourth-order valence-electron chi connectivity index (χ4n) is 0.924. The predicted molar refractivity (Wildman–Crippen MR) is 47.6 cm³/mol. The fraction of sp³-hybridized carbons (Fsp3) is 0.444. The van der Waals surface area contributed by atoms with Crippen molar-refractivity contribution >= 4 is 0 Å². The lowest BCUT2D eigenvalue weighted by atomic mass is 10.1. The third kappa shape index (κ3) is 2.03. The average molecular weight is 166 g/mol. The Bertz CT molecular complexity index is 243. The first-order chi connectivity index (χ1) is 5.61. The molecule has 3 N–H and O–H groups in total. The van der Waals surface area contributed by atoms with Crippen LogP contribution in [0, 0.1) is 6.92 Å². The number of nitrogens with zero attached hydrogens (tertiary/aromatic N) is 1. The van der Waals surface area contributed by atoms with Gasteiger partial charge in [-0.15, -0.1) is 0 Å². The summed E-state index contributed by atoms with van der Waals surface area (Å²) in [4.78, 5) is 4.07. The highest BCUT2D eigenvalue weighted by molar-refractivity contribution is 5.14. The quantitative estimate of drug-likeness (QED) is 0.682. The molecule has 3 heteroatoms. The van der Waals surface area contributed by atoms with Gasteiger partial charge in [-0.2, -0.15) is 0 Å². The van der Waals surface area contributed by atoms with Crippen molar-refractivity contribution in [3.05, 3.63) is 29.6 Å². The summed E-state index contributed by atoms with van der Waals surface area (Å²) in [6.45, 7) is 3.71. The number of aromatic nitrogens is 1. The minimum Gasteiger partial charge on any atom is -0.385 e. The number of nitrogens with two attached hydrogens (primary N) is 1. The van der Waals surface area contributed by atoms with E-state index in [9.17, 15) is 5.11 Å². The predicted octanol–water partition coefficient (Wildman–Crippen LogP) is 0.771. The van der Waals surface area contributed by atoms with Crippen LogP contribution in [0.25, 0.3) is 0 Å². The summed E-state index contributed by atoms with van der Waals surface area (Å²) in [7, 11) is 0. The number of rotatable bonds is 2. The van der Waals surface area contributed by atoms with E-state index < -0.39 is 6.10 Å². The van der Waals surface area contributed by atoms with E-state index >= 15 is 0 Å². The van der Waals surface area contributed by atoms with Crippen molar-refractivity contribution in [2.24, 2.45) is 5.73 Å². The van der Waals surface area contributed by atoms with E-state index in [2.05, 4.69) is 4.98 Å². The van der Waals surface area contributed by atoms with Crippen LogP contribution in [0.15, 0.2) is 18.3 Å². The van der Waals surface area contributed by atoms with Crippen LogP contribution >= 0.6 is 0 Å². The summed E-state index contributed by atoms with van der Waals surface area (Å²) in [5, 5.41) is 9.50. The molecule has 66 valence electrons. The second-order valence-corrected chi connectivity index (χ2v) is 3.06. The van der Waals surface area contributed by atoms with Crippen LogP contribution in [0.4, 0.5) is 0 Å². The molecule has 2 unspecified atom stereocenters. The van der Waals surface area contributed by atoms with E-state index in [1.807, 2.05) is 13.0 Å². The van der Waals surface area contributed by atoms with Crippen LogP contribution < -0.4 is 5.73 Å². The van der Waals surface area contributed by atoms with Crippen molar-refractivity contribution < 1.29 is 5.11 Å². The summed E-state index contributed by atoms with van der Waals surface area (Å²) in [5.74, 6) is 0. The molecule has 0 aliphatic heterocycles. The average Bonchev–Trinajstić information content (AvgIpc) is 2.04. The lowest BCUT2D eigenvalue weighted by molar-refractivity contribution is 0.149. The first kappa shape index (κ1) is 9.16. The highest BCUT2D eigenvalue weighted by Gasteiger charge is 2.12. The molecule has 12 heavy (non-hydrogen) atoms. The second kappa shape index (κ2) is 3.65. The van der Waals surface area contributed by atoms with Gasteiger partial charge in [0.1, 0.15) is 6.10 Å². The maximum absolute atomic E-state index is 9.50. The zero-order valence-corrected chi connectivity index (χ0v) is 7.36. The van der Waals surface area contributed by atoms with Gasteiger partial charge in [-0.25, -0.2) is 0 Å². The summed E-state index contributed by atoms with van der Waals surface area (Å²) < 4.78 is 0. The number of hydrogen-bond donors (Lipinski definition) is 2. The maximum Gasteiger partial charge on any atom is 0.111 e. The Hall–Kier alpha value is -0.930. The van der Waals surface area contributed by atoms with Gasteiger partial charge in [0.2, 0.25) is 0 Å². The topological polar surface area (TPSA) is 59.1 Å². The van der Waals surface area contributed by atoms with Gasteiger partial charge >= 0.3 is 0 Å². The minimum atomic E-state index is -0.661. The molecule has 1 rings (SSSR count). The van der Waals surface area contributed by atoms with Gasteiger partial charge in [0.05, 0.1) is 5.69 Å². The summed E-state index contributed by atoms with van der Waals surface area (Å²) >= 11 is 0. The Morgan fingerprint density at radius 3 is 2.58 bits per heavy atom. The van der Waals surface area contributed by atoms with E-state index in [0.29, 0.717) is 5.69 Å². The van der Waals surface area contributed by atoms with Crippen LogP contribution in [0.5, 0.6) is 0 Å². The SMILES string of the molecule is Cc1ccc(C(O)C(C)N)nc1. The fourth-order valence-corrected chi connectivity index (χ4v) is 0.924. The van der Waals surface area contributed by atoms with Crippen LogP contribution in [-0.4, -0.2) is 16.1 Å². The minimum absolute atomic E-state index is 0.278. The number of aliphatic hydroxyl groups is 1. The molecule has 1 heterocycles. The summed E-state index contributed by atoms with van der Waals surface area (Å²) in [5.41, 5.74) is 7.23. The van der Waals surface area contributed by atoms with E-state index in [-0.39, 0.29) is 6.04 Å². The smallest absolute Gasteiger partial charge is 0.111 e. The molecule has 0 spiro atoms. The van der Waals surface area contributed by atoms with E-state index in [4.69, 9.17) is 5.73 Å². The monoisotopic (exact) mass is 166 g/mol. The number of hydrogen-bond acceptors (Lipinski definition) is 3. The molecule has 3 nitrogen and oxygen atoms in total. The van der Waals surface area contributed by atoms with Gasteiger partial charge in [0, 0.05) is 12.2 Å². The van der Waals surface area contributed by atoms with Crippen LogP contribution in [0.1, 0.15) is 24.3 Å². The molecule has 0 saturated heterocycles. The van der Waals surface area contributed by atoms with Gasteiger partial charge in [0.15, 0.2) is 0 Å². The molecule has 0 aromatic carbocycles. The Balaban J connectivity index is 2.82. The first-order valence-electron chi connectivity index (χ1n) is 3.97. The first-order valence-corrected chi connectivity index (χ1v) is 3.97.